The second-order valence-corrected chi connectivity index (χ2v) is 9.06. The van der Waals surface area contributed by atoms with Crippen LogP contribution in [0.1, 0.15) is 42.4 Å². The number of aromatic nitrogens is 1. The highest BCUT2D eigenvalue weighted by molar-refractivity contribution is 7.29. The summed E-state index contributed by atoms with van der Waals surface area (Å²) in [6.07, 6.45) is 1.85. The molecule has 0 bridgehead atoms. The number of nitrogens with zero attached hydrogens (tertiary/aromatic N) is 3. The van der Waals surface area contributed by atoms with Crippen LogP contribution < -0.4 is 15.1 Å². The van der Waals surface area contributed by atoms with Crippen LogP contribution in [0.3, 0.4) is 0 Å². The van der Waals surface area contributed by atoms with Crippen molar-refractivity contribution >= 4 is 60.5 Å². The number of hydrogen-bond donors (Lipinski definition) is 1. The Morgan fingerprint density at radius 1 is 1.21 bits per heavy atom. The zero-order valence-electron chi connectivity index (χ0n) is 16.8. The minimum absolute atomic E-state index is 0.0537. The van der Waals surface area contributed by atoms with Crippen LogP contribution in [0, 0.1) is 0 Å². The molecule has 0 saturated carbocycles. The van der Waals surface area contributed by atoms with E-state index in [0.717, 1.165) is 64.1 Å². The third-order valence-electron chi connectivity index (χ3n) is 5.17. The third-order valence-corrected chi connectivity index (χ3v) is 7.39. The van der Waals surface area contributed by atoms with Gasteiger partial charge in [-0.05, 0) is 56.5 Å². The molecule has 0 unspecified atom stereocenters. The lowest BCUT2D eigenvalue weighted by Crippen LogP contribution is -2.33. The summed E-state index contributed by atoms with van der Waals surface area (Å²) in [4.78, 5) is 34.9. The molecule has 4 rings (SSSR count). The lowest BCUT2D eigenvalue weighted by molar-refractivity contribution is -0.116. The van der Waals surface area contributed by atoms with E-state index in [1.54, 1.807) is 23.2 Å². The van der Waals surface area contributed by atoms with E-state index < -0.39 is 0 Å². The van der Waals surface area contributed by atoms with Gasteiger partial charge in [0.25, 0.3) is 5.91 Å². The molecule has 0 saturated heterocycles. The van der Waals surface area contributed by atoms with Gasteiger partial charge in [0.05, 0.1) is 9.58 Å². The molecule has 2 aromatic heterocycles. The first-order valence-electron chi connectivity index (χ1n) is 9.87. The third kappa shape index (κ3) is 3.86. The SMILES string of the molecule is CCN(CC)c1nc2sc(C(=O)Nc3ccc4c(c3)CCCN4C(C)=O)cc2s1. The van der Waals surface area contributed by atoms with E-state index >= 15 is 0 Å². The molecule has 0 radical (unpaired) electrons. The molecule has 0 spiro atoms. The summed E-state index contributed by atoms with van der Waals surface area (Å²) in [5.41, 5.74) is 2.81. The van der Waals surface area contributed by atoms with Gasteiger partial charge in [0.1, 0.15) is 4.83 Å². The van der Waals surface area contributed by atoms with Crippen molar-refractivity contribution in [2.24, 2.45) is 0 Å². The van der Waals surface area contributed by atoms with Gasteiger partial charge in [-0.25, -0.2) is 4.98 Å². The first-order valence-corrected chi connectivity index (χ1v) is 11.5. The van der Waals surface area contributed by atoms with E-state index in [1.807, 2.05) is 24.3 Å². The Bertz CT molecular complexity index is 1040. The Kier molecular flexibility index (Phi) is 5.56. The highest BCUT2D eigenvalue weighted by Crippen LogP contribution is 2.35. The number of thiazole rings is 1. The number of aryl methyl sites for hydroxylation is 1. The molecule has 1 aliphatic heterocycles. The zero-order valence-corrected chi connectivity index (χ0v) is 18.5. The van der Waals surface area contributed by atoms with Crippen molar-refractivity contribution in [1.82, 2.24) is 4.98 Å². The number of nitrogens with one attached hydrogen (secondary N) is 1. The van der Waals surface area contributed by atoms with Gasteiger partial charge in [0.15, 0.2) is 5.13 Å². The number of thiophene rings is 1. The van der Waals surface area contributed by atoms with Gasteiger partial charge in [0.2, 0.25) is 5.91 Å². The molecular weight excluding hydrogens is 404 g/mol. The number of fused-ring (bicyclic) bond motifs is 2. The summed E-state index contributed by atoms with van der Waals surface area (Å²) in [7, 11) is 0. The second kappa shape index (κ2) is 8.12. The van der Waals surface area contributed by atoms with Gasteiger partial charge in [-0.15, -0.1) is 11.3 Å². The molecule has 2 amide bonds. The largest absolute Gasteiger partial charge is 0.349 e. The van der Waals surface area contributed by atoms with E-state index in [9.17, 15) is 9.59 Å². The molecule has 3 heterocycles. The van der Waals surface area contributed by atoms with Crippen LogP contribution >= 0.6 is 22.7 Å². The Balaban J connectivity index is 1.52. The van der Waals surface area contributed by atoms with Crippen LogP contribution in [0.4, 0.5) is 16.5 Å². The van der Waals surface area contributed by atoms with Crippen LogP contribution in [0.2, 0.25) is 0 Å². The Morgan fingerprint density at radius 2 is 2.00 bits per heavy atom. The predicted octanol–water partition coefficient (Wildman–Crippen LogP) is 4.76. The fourth-order valence-corrected chi connectivity index (χ4v) is 5.89. The molecule has 1 aromatic carbocycles. The van der Waals surface area contributed by atoms with E-state index in [1.165, 1.54) is 11.3 Å². The van der Waals surface area contributed by atoms with Gasteiger partial charge in [-0.2, -0.15) is 0 Å². The number of carbonyl (C=O) groups excluding carboxylic acids is 2. The molecule has 3 aromatic rings. The predicted molar refractivity (Wildman–Crippen MR) is 122 cm³/mol. The van der Waals surface area contributed by atoms with Crippen molar-refractivity contribution in [2.75, 3.05) is 34.8 Å². The normalized spacial score (nSPS) is 13.4. The van der Waals surface area contributed by atoms with Gasteiger partial charge in [-0.1, -0.05) is 11.3 Å². The van der Waals surface area contributed by atoms with E-state index in [2.05, 4.69) is 24.1 Å². The molecule has 0 fully saturated rings. The topological polar surface area (TPSA) is 65.5 Å². The summed E-state index contributed by atoms with van der Waals surface area (Å²) < 4.78 is 1.05. The summed E-state index contributed by atoms with van der Waals surface area (Å²) in [5, 5.41) is 4.00. The van der Waals surface area contributed by atoms with Crippen molar-refractivity contribution in [3.63, 3.8) is 0 Å². The number of hydrogen-bond acceptors (Lipinski definition) is 6. The molecular formula is C21H24N4O2S2. The molecule has 0 atom stereocenters. The number of anilines is 3. The van der Waals surface area contributed by atoms with Crippen molar-refractivity contribution in [1.29, 1.82) is 0 Å². The van der Waals surface area contributed by atoms with Gasteiger partial charge in [-0.3, -0.25) is 9.59 Å². The number of carbonyl (C=O) groups is 2. The summed E-state index contributed by atoms with van der Waals surface area (Å²) in [5.74, 6) is -0.0678. The van der Waals surface area contributed by atoms with E-state index in [4.69, 9.17) is 4.98 Å². The number of benzene rings is 1. The smallest absolute Gasteiger partial charge is 0.265 e. The van der Waals surface area contributed by atoms with Gasteiger partial charge >= 0.3 is 0 Å². The first-order chi connectivity index (χ1) is 14.0. The molecule has 0 aliphatic carbocycles. The molecule has 6 nitrogen and oxygen atoms in total. The second-order valence-electron chi connectivity index (χ2n) is 7.02. The van der Waals surface area contributed by atoms with Crippen molar-refractivity contribution in [3.8, 4) is 0 Å². The maximum Gasteiger partial charge on any atom is 0.265 e. The van der Waals surface area contributed by atoms with Crippen molar-refractivity contribution < 1.29 is 9.59 Å². The van der Waals surface area contributed by atoms with Crippen molar-refractivity contribution in [3.05, 3.63) is 34.7 Å². The highest BCUT2D eigenvalue weighted by Gasteiger charge is 2.21. The summed E-state index contributed by atoms with van der Waals surface area (Å²) in [6.45, 7) is 8.42. The fraction of sp³-hybridized carbons (Fsp3) is 0.381. The van der Waals surface area contributed by atoms with Gasteiger partial charge in [0, 0.05) is 37.9 Å². The average Bonchev–Trinajstić information content (AvgIpc) is 3.27. The first kappa shape index (κ1) is 19.8. The molecule has 29 heavy (non-hydrogen) atoms. The molecule has 1 N–H and O–H groups in total. The maximum atomic E-state index is 12.8. The number of amides is 2. The lowest BCUT2D eigenvalue weighted by atomic mass is 10.0. The Hall–Kier alpha value is -2.45. The summed E-state index contributed by atoms with van der Waals surface area (Å²) in [6, 6.07) is 7.70. The van der Waals surface area contributed by atoms with Crippen LogP contribution in [0.15, 0.2) is 24.3 Å². The quantitative estimate of drug-likeness (QED) is 0.637. The summed E-state index contributed by atoms with van der Waals surface area (Å²) >= 11 is 3.05. The molecule has 152 valence electrons. The van der Waals surface area contributed by atoms with Crippen LogP contribution in [0.5, 0.6) is 0 Å². The van der Waals surface area contributed by atoms with Crippen LogP contribution in [-0.4, -0.2) is 36.4 Å². The van der Waals surface area contributed by atoms with Crippen LogP contribution in [-0.2, 0) is 11.2 Å². The highest BCUT2D eigenvalue weighted by atomic mass is 32.1. The monoisotopic (exact) mass is 428 g/mol. The molecule has 1 aliphatic rings. The van der Waals surface area contributed by atoms with Crippen LogP contribution in [0.25, 0.3) is 9.53 Å². The lowest BCUT2D eigenvalue weighted by Gasteiger charge is -2.28. The minimum Gasteiger partial charge on any atom is -0.349 e. The Morgan fingerprint density at radius 3 is 2.69 bits per heavy atom. The zero-order chi connectivity index (χ0) is 20.5. The number of rotatable bonds is 5. The maximum absolute atomic E-state index is 12.8. The minimum atomic E-state index is -0.122. The average molecular weight is 429 g/mol. The van der Waals surface area contributed by atoms with E-state index in [0.29, 0.717) is 4.88 Å². The standard InChI is InChI=1S/C21H24N4O2S2/c1-4-24(5-2)21-23-20-18(29-21)12-17(28-20)19(27)22-15-8-9-16-14(11-15)7-6-10-25(16)13(3)26/h8-9,11-12H,4-7,10H2,1-3H3,(H,22,27). The molecule has 8 heteroatoms. The van der Waals surface area contributed by atoms with E-state index in [-0.39, 0.29) is 11.8 Å². The van der Waals surface area contributed by atoms with Gasteiger partial charge < -0.3 is 15.1 Å². The Labute approximate surface area is 178 Å². The fourth-order valence-electron chi connectivity index (χ4n) is 3.66. The van der Waals surface area contributed by atoms with Crippen molar-refractivity contribution in [2.45, 2.75) is 33.6 Å².